The van der Waals surface area contributed by atoms with E-state index >= 15 is 0 Å². The molecular formula is C8H17ClO2. The van der Waals surface area contributed by atoms with Gasteiger partial charge >= 0.3 is 0 Å². The number of hydrogen-bond donors (Lipinski definition) is 1. The molecule has 0 aliphatic carbocycles. The SMILES string of the molecule is CC(COC[C@H](C)O)[C@H](C)Cl. The van der Waals surface area contributed by atoms with Crippen molar-refractivity contribution >= 4 is 11.6 Å². The zero-order valence-corrected chi connectivity index (χ0v) is 8.14. The zero-order valence-electron chi connectivity index (χ0n) is 7.38. The summed E-state index contributed by atoms with van der Waals surface area (Å²) in [5.74, 6) is 0.343. The van der Waals surface area contributed by atoms with E-state index in [1.807, 2.05) is 13.8 Å². The second kappa shape index (κ2) is 5.81. The van der Waals surface area contributed by atoms with Crippen molar-refractivity contribution in [2.24, 2.45) is 5.92 Å². The molecule has 0 amide bonds. The highest BCUT2D eigenvalue weighted by Gasteiger charge is 2.08. The Labute approximate surface area is 73.5 Å². The van der Waals surface area contributed by atoms with Crippen LogP contribution in [0.2, 0.25) is 0 Å². The molecule has 0 heterocycles. The van der Waals surface area contributed by atoms with Gasteiger partial charge in [0.1, 0.15) is 0 Å². The van der Waals surface area contributed by atoms with Crippen LogP contribution in [-0.2, 0) is 4.74 Å². The van der Waals surface area contributed by atoms with Crippen molar-refractivity contribution in [2.75, 3.05) is 13.2 Å². The molecule has 0 aliphatic heterocycles. The Morgan fingerprint density at radius 3 is 2.18 bits per heavy atom. The summed E-state index contributed by atoms with van der Waals surface area (Å²) in [6.07, 6.45) is -0.382. The third-order valence-corrected chi connectivity index (χ3v) is 1.95. The summed E-state index contributed by atoms with van der Waals surface area (Å²) >= 11 is 5.80. The van der Waals surface area contributed by atoms with Gasteiger partial charge < -0.3 is 9.84 Å². The van der Waals surface area contributed by atoms with E-state index in [2.05, 4.69) is 0 Å². The fourth-order valence-corrected chi connectivity index (χ4v) is 0.630. The van der Waals surface area contributed by atoms with Crippen LogP contribution in [0.3, 0.4) is 0 Å². The molecule has 0 radical (unpaired) electrons. The van der Waals surface area contributed by atoms with Crippen LogP contribution in [0.15, 0.2) is 0 Å². The standard InChI is InChI=1S/C8H17ClO2/c1-6(8(3)9)4-11-5-7(2)10/h6-8,10H,4-5H2,1-3H3/t6?,7-,8-/m0/s1. The Bertz CT molecular complexity index is 94.1. The zero-order chi connectivity index (χ0) is 8.85. The summed E-state index contributed by atoms with van der Waals surface area (Å²) in [7, 11) is 0. The molecule has 0 rings (SSSR count). The molecule has 2 nitrogen and oxygen atoms in total. The van der Waals surface area contributed by atoms with Crippen LogP contribution in [-0.4, -0.2) is 29.8 Å². The van der Waals surface area contributed by atoms with Gasteiger partial charge in [-0.2, -0.15) is 0 Å². The van der Waals surface area contributed by atoms with Gasteiger partial charge in [0.2, 0.25) is 0 Å². The fraction of sp³-hybridized carbons (Fsp3) is 1.00. The maximum Gasteiger partial charge on any atom is 0.0745 e. The first-order valence-corrected chi connectivity index (χ1v) is 4.37. The van der Waals surface area contributed by atoms with E-state index < -0.39 is 0 Å². The van der Waals surface area contributed by atoms with Gasteiger partial charge in [0.25, 0.3) is 0 Å². The molecule has 0 fully saturated rings. The molecule has 0 aromatic heterocycles. The average molecular weight is 181 g/mol. The molecule has 0 spiro atoms. The van der Waals surface area contributed by atoms with Crippen molar-refractivity contribution in [1.29, 1.82) is 0 Å². The Balaban J connectivity index is 3.24. The lowest BCUT2D eigenvalue weighted by Crippen LogP contribution is -2.18. The molecule has 0 aromatic rings. The van der Waals surface area contributed by atoms with Gasteiger partial charge in [-0.15, -0.1) is 11.6 Å². The van der Waals surface area contributed by atoms with Crippen LogP contribution < -0.4 is 0 Å². The fourth-order valence-electron chi connectivity index (χ4n) is 0.557. The van der Waals surface area contributed by atoms with Crippen LogP contribution in [0.25, 0.3) is 0 Å². The molecule has 0 aromatic carbocycles. The minimum absolute atomic E-state index is 0.129. The van der Waals surface area contributed by atoms with Gasteiger partial charge in [0.05, 0.1) is 19.3 Å². The number of halogens is 1. The van der Waals surface area contributed by atoms with Crippen LogP contribution in [0.4, 0.5) is 0 Å². The first-order chi connectivity index (χ1) is 5.04. The van der Waals surface area contributed by atoms with E-state index in [-0.39, 0.29) is 11.5 Å². The molecule has 0 saturated heterocycles. The highest BCUT2D eigenvalue weighted by Crippen LogP contribution is 2.09. The van der Waals surface area contributed by atoms with Crippen molar-refractivity contribution in [1.82, 2.24) is 0 Å². The van der Waals surface area contributed by atoms with Crippen LogP contribution in [0, 0.1) is 5.92 Å². The summed E-state index contributed by atoms with van der Waals surface area (Å²) in [6, 6.07) is 0. The summed E-state index contributed by atoms with van der Waals surface area (Å²) in [6.45, 7) is 6.69. The largest absolute Gasteiger partial charge is 0.391 e. The smallest absolute Gasteiger partial charge is 0.0745 e. The predicted octanol–water partition coefficient (Wildman–Crippen LogP) is 1.65. The molecule has 11 heavy (non-hydrogen) atoms. The van der Waals surface area contributed by atoms with E-state index in [0.717, 1.165) is 0 Å². The second-order valence-corrected chi connectivity index (χ2v) is 3.73. The number of ether oxygens (including phenoxy) is 1. The van der Waals surface area contributed by atoms with E-state index in [1.165, 1.54) is 0 Å². The van der Waals surface area contributed by atoms with Gasteiger partial charge in [-0.25, -0.2) is 0 Å². The molecule has 0 saturated carbocycles. The van der Waals surface area contributed by atoms with E-state index in [0.29, 0.717) is 19.1 Å². The Morgan fingerprint density at radius 1 is 1.27 bits per heavy atom. The van der Waals surface area contributed by atoms with E-state index in [4.69, 9.17) is 21.4 Å². The maximum atomic E-state index is 8.85. The predicted molar refractivity (Wildman–Crippen MR) is 47.0 cm³/mol. The van der Waals surface area contributed by atoms with Crippen molar-refractivity contribution in [2.45, 2.75) is 32.3 Å². The number of aliphatic hydroxyl groups is 1. The molecule has 1 N–H and O–H groups in total. The highest BCUT2D eigenvalue weighted by atomic mass is 35.5. The Kier molecular flexibility index (Phi) is 5.92. The Morgan fingerprint density at radius 2 is 1.82 bits per heavy atom. The average Bonchev–Trinajstić information content (AvgIpc) is 1.86. The summed E-state index contributed by atoms with van der Waals surface area (Å²) in [4.78, 5) is 0. The monoisotopic (exact) mass is 180 g/mol. The number of aliphatic hydroxyl groups excluding tert-OH is 1. The molecule has 0 aliphatic rings. The Hall–Kier alpha value is 0.210. The van der Waals surface area contributed by atoms with Gasteiger partial charge in [0.15, 0.2) is 0 Å². The first kappa shape index (κ1) is 11.2. The van der Waals surface area contributed by atoms with E-state index in [1.54, 1.807) is 6.92 Å². The second-order valence-electron chi connectivity index (χ2n) is 3.04. The van der Waals surface area contributed by atoms with Crippen molar-refractivity contribution in [3.63, 3.8) is 0 Å². The van der Waals surface area contributed by atoms with Crippen LogP contribution in [0.5, 0.6) is 0 Å². The van der Waals surface area contributed by atoms with Gasteiger partial charge in [-0.1, -0.05) is 6.92 Å². The van der Waals surface area contributed by atoms with Gasteiger partial charge in [0, 0.05) is 5.38 Å². The molecule has 3 heteroatoms. The molecule has 0 bridgehead atoms. The molecular weight excluding hydrogens is 164 g/mol. The number of rotatable bonds is 5. The van der Waals surface area contributed by atoms with Crippen molar-refractivity contribution in [3.8, 4) is 0 Å². The minimum atomic E-state index is -0.382. The first-order valence-electron chi connectivity index (χ1n) is 3.94. The third kappa shape index (κ3) is 6.60. The van der Waals surface area contributed by atoms with Gasteiger partial charge in [-0.3, -0.25) is 0 Å². The van der Waals surface area contributed by atoms with E-state index in [9.17, 15) is 0 Å². The van der Waals surface area contributed by atoms with Crippen molar-refractivity contribution in [3.05, 3.63) is 0 Å². The summed E-state index contributed by atoms with van der Waals surface area (Å²) < 4.78 is 5.18. The number of hydrogen-bond acceptors (Lipinski definition) is 2. The summed E-state index contributed by atoms with van der Waals surface area (Å²) in [5.41, 5.74) is 0. The lowest BCUT2D eigenvalue weighted by molar-refractivity contribution is 0.0319. The lowest BCUT2D eigenvalue weighted by atomic mass is 10.1. The van der Waals surface area contributed by atoms with Crippen LogP contribution >= 0.6 is 11.6 Å². The quantitative estimate of drug-likeness (QED) is 0.652. The topological polar surface area (TPSA) is 29.5 Å². The van der Waals surface area contributed by atoms with Gasteiger partial charge in [-0.05, 0) is 19.8 Å². The highest BCUT2D eigenvalue weighted by molar-refractivity contribution is 6.20. The molecule has 3 atom stereocenters. The molecule has 68 valence electrons. The maximum absolute atomic E-state index is 8.85. The third-order valence-electron chi connectivity index (χ3n) is 1.52. The summed E-state index contributed by atoms with van der Waals surface area (Å²) in [5, 5.41) is 8.97. The van der Waals surface area contributed by atoms with Crippen molar-refractivity contribution < 1.29 is 9.84 Å². The van der Waals surface area contributed by atoms with Crippen LogP contribution in [0.1, 0.15) is 20.8 Å². The lowest BCUT2D eigenvalue weighted by Gasteiger charge is -2.14. The normalized spacial score (nSPS) is 19.4. The molecule has 1 unspecified atom stereocenters. The minimum Gasteiger partial charge on any atom is -0.391 e. The number of alkyl halides is 1.